The van der Waals surface area contributed by atoms with Gasteiger partial charge in [-0.1, -0.05) is 36.4 Å². The standard InChI is InChI=1S/C20H27N3O2/c1-21-10-12-23(13-11-21)15-17(24)14-22(2)20(25)19-9-5-7-16-6-3-4-8-18(16)19/h3-9,17,24H,10-15H2,1-2H3. The number of carbonyl (C=O) groups is 1. The number of benzene rings is 2. The summed E-state index contributed by atoms with van der Waals surface area (Å²) < 4.78 is 0. The number of aliphatic hydroxyl groups excluding tert-OH is 1. The monoisotopic (exact) mass is 341 g/mol. The van der Waals surface area contributed by atoms with Gasteiger partial charge in [0.05, 0.1) is 6.10 Å². The fourth-order valence-electron chi connectivity index (χ4n) is 3.40. The number of fused-ring (bicyclic) bond motifs is 1. The molecule has 1 N–H and O–H groups in total. The summed E-state index contributed by atoms with van der Waals surface area (Å²) in [4.78, 5) is 19.0. The van der Waals surface area contributed by atoms with E-state index in [1.807, 2.05) is 42.5 Å². The summed E-state index contributed by atoms with van der Waals surface area (Å²) in [7, 11) is 3.88. The van der Waals surface area contributed by atoms with Gasteiger partial charge in [0.25, 0.3) is 5.91 Å². The van der Waals surface area contributed by atoms with E-state index in [0.29, 0.717) is 18.7 Å². The topological polar surface area (TPSA) is 47.0 Å². The number of rotatable bonds is 5. The molecule has 1 heterocycles. The van der Waals surface area contributed by atoms with Gasteiger partial charge in [0.1, 0.15) is 0 Å². The Hall–Kier alpha value is -1.95. The van der Waals surface area contributed by atoms with Crippen LogP contribution in [0.2, 0.25) is 0 Å². The maximum Gasteiger partial charge on any atom is 0.254 e. The second-order valence-electron chi connectivity index (χ2n) is 6.97. The van der Waals surface area contributed by atoms with Crippen molar-refractivity contribution in [2.75, 3.05) is 53.4 Å². The van der Waals surface area contributed by atoms with Gasteiger partial charge in [-0.3, -0.25) is 9.69 Å². The number of carbonyl (C=O) groups excluding carboxylic acids is 1. The van der Waals surface area contributed by atoms with Crippen molar-refractivity contribution in [3.8, 4) is 0 Å². The number of piperazine rings is 1. The fraction of sp³-hybridized carbons (Fsp3) is 0.450. The van der Waals surface area contributed by atoms with Crippen LogP contribution in [0.25, 0.3) is 10.8 Å². The second-order valence-corrected chi connectivity index (χ2v) is 6.97. The zero-order chi connectivity index (χ0) is 17.8. The Morgan fingerprint density at radius 1 is 1.12 bits per heavy atom. The van der Waals surface area contributed by atoms with Gasteiger partial charge in [0.2, 0.25) is 0 Å². The van der Waals surface area contributed by atoms with E-state index >= 15 is 0 Å². The van der Waals surface area contributed by atoms with Crippen LogP contribution in [-0.4, -0.2) is 85.2 Å². The molecule has 1 aliphatic heterocycles. The quantitative estimate of drug-likeness (QED) is 0.896. The number of aliphatic hydroxyl groups is 1. The maximum atomic E-state index is 12.8. The van der Waals surface area contributed by atoms with Crippen LogP contribution in [0.3, 0.4) is 0 Å². The van der Waals surface area contributed by atoms with Crippen molar-refractivity contribution in [2.24, 2.45) is 0 Å². The van der Waals surface area contributed by atoms with Crippen LogP contribution in [-0.2, 0) is 0 Å². The van der Waals surface area contributed by atoms with Crippen molar-refractivity contribution in [3.05, 3.63) is 48.0 Å². The van der Waals surface area contributed by atoms with Gasteiger partial charge in [-0.2, -0.15) is 0 Å². The average molecular weight is 341 g/mol. The van der Waals surface area contributed by atoms with Gasteiger partial charge in [0.15, 0.2) is 0 Å². The molecule has 1 saturated heterocycles. The first-order chi connectivity index (χ1) is 12.0. The van der Waals surface area contributed by atoms with Crippen LogP contribution in [0.5, 0.6) is 0 Å². The van der Waals surface area contributed by atoms with Crippen molar-refractivity contribution in [3.63, 3.8) is 0 Å². The zero-order valence-corrected chi connectivity index (χ0v) is 15.1. The van der Waals surface area contributed by atoms with E-state index in [4.69, 9.17) is 0 Å². The van der Waals surface area contributed by atoms with Crippen LogP contribution in [0.15, 0.2) is 42.5 Å². The number of nitrogens with zero attached hydrogens (tertiary/aromatic N) is 3. The second kappa shape index (κ2) is 7.95. The Kier molecular flexibility index (Phi) is 5.68. The first-order valence-corrected chi connectivity index (χ1v) is 8.87. The molecule has 0 aliphatic carbocycles. The summed E-state index contributed by atoms with van der Waals surface area (Å²) in [6, 6.07) is 13.7. The molecule has 1 amide bonds. The van der Waals surface area contributed by atoms with Gasteiger partial charge >= 0.3 is 0 Å². The molecule has 1 fully saturated rings. The molecule has 1 atom stereocenters. The molecule has 0 aromatic heterocycles. The largest absolute Gasteiger partial charge is 0.390 e. The molecule has 2 aromatic carbocycles. The van der Waals surface area contributed by atoms with Crippen LogP contribution < -0.4 is 0 Å². The van der Waals surface area contributed by atoms with E-state index in [1.54, 1.807) is 11.9 Å². The predicted octanol–water partition coefficient (Wildman–Crippen LogP) is 1.52. The molecule has 25 heavy (non-hydrogen) atoms. The molecule has 0 spiro atoms. The van der Waals surface area contributed by atoms with E-state index in [1.165, 1.54) is 0 Å². The lowest BCUT2D eigenvalue weighted by Crippen LogP contribution is -2.49. The van der Waals surface area contributed by atoms with Gasteiger partial charge in [-0.25, -0.2) is 0 Å². The average Bonchev–Trinajstić information content (AvgIpc) is 2.62. The van der Waals surface area contributed by atoms with Gasteiger partial charge in [0, 0.05) is 51.9 Å². The molecular formula is C20H27N3O2. The van der Waals surface area contributed by atoms with Crippen molar-refractivity contribution < 1.29 is 9.90 Å². The summed E-state index contributed by atoms with van der Waals surface area (Å²) in [6.07, 6.45) is -0.535. The van der Waals surface area contributed by atoms with E-state index in [0.717, 1.165) is 37.0 Å². The molecule has 5 heteroatoms. The predicted molar refractivity (Wildman–Crippen MR) is 101 cm³/mol. The van der Waals surface area contributed by atoms with Crippen LogP contribution in [0.4, 0.5) is 0 Å². The van der Waals surface area contributed by atoms with Crippen molar-refractivity contribution in [2.45, 2.75) is 6.10 Å². The number of likely N-dealkylation sites (N-methyl/N-ethyl adjacent to an activating group) is 2. The first kappa shape index (κ1) is 17.9. The van der Waals surface area contributed by atoms with E-state index in [9.17, 15) is 9.90 Å². The molecule has 1 unspecified atom stereocenters. The third-order valence-electron chi connectivity index (χ3n) is 4.92. The summed E-state index contributed by atoms with van der Waals surface area (Å²) in [5.41, 5.74) is 0.687. The highest BCUT2D eigenvalue weighted by Gasteiger charge is 2.21. The minimum Gasteiger partial charge on any atom is -0.390 e. The summed E-state index contributed by atoms with van der Waals surface area (Å²) in [6.45, 7) is 4.94. The highest BCUT2D eigenvalue weighted by atomic mass is 16.3. The highest BCUT2D eigenvalue weighted by Crippen LogP contribution is 2.19. The number of hydrogen-bond donors (Lipinski definition) is 1. The summed E-state index contributed by atoms with van der Waals surface area (Å²) in [5.74, 6) is -0.0470. The lowest BCUT2D eigenvalue weighted by Gasteiger charge is -2.34. The number of β-amino-alcohol motifs (C(OH)–C–C–N with tert-alkyl or cyclic N) is 1. The smallest absolute Gasteiger partial charge is 0.254 e. The lowest BCUT2D eigenvalue weighted by molar-refractivity contribution is 0.0503. The molecule has 0 saturated carbocycles. The number of amides is 1. The summed E-state index contributed by atoms with van der Waals surface area (Å²) >= 11 is 0. The highest BCUT2D eigenvalue weighted by molar-refractivity contribution is 6.06. The van der Waals surface area contributed by atoms with Crippen LogP contribution in [0.1, 0.15) is 10.4 Å². The third-order valence-corrected chi connectivity index (χ3v) is 4.92. The van der Waals surface area contributed by atoms with Crippen molar-refractivity contribution in [1.29, 1.82) is 0 Å². The Morgan fingerprint density at radius 2 is 1.80 bits per heavy atom. The third kappa shape index (κ3) is 4.37. The molecule has 0 bridgehead atoms. The summed E-state index contributed by atoms with van der Waals surface area (Å²) in [5, 5.41) is 12.4. The Morgan fingerprint density at radius 3 is 2.56 bits per heavy atom. The van der Waals surface area contributed by atoms with Crippen molar-refractivity contribution in [1.82, 2.24) is 14.7 Å². The Balaban J connectivity index is 1.62. The normalized spacial score (nSPS) is 17.6. The molecule has 1 aliphatic rings. The van der Waals surface area contributed by atoms with Crippen molar-refractivity contribution >= 4 is 16.7 Å². The molecule has 134 valence electrons. The van der Waals surface area contributed by atoms with Crippen LogP contribution >= 0.6 is 0 Å². The molecule has 0 radical (unpaired) electrons. The van der Waals surface area contributed by atoms with E-state index in [2.05, 4.69) is 16.8 Å². The minimum atomic E-state index is -0.535. The molecule has 5 nitrogen and oxygen atoms in total. The molecule has 2 aromatic rings. The van der Waals surface area contributed by atoms with Gasteiger partial charge < -0.3 is 14.9 Å². The van der Waals surface area contributed by atoms with Gasteiger partial charge in [-0.05, 0) is 23.9 Å². The fourth-order valence-corrected chi connectivity index (χ4v) is 3.40. The van der Waals surface area contributed by atoms with Crippen LogP contribution in [0, 0.1) is 0 Å². The number of hydrogen-bond acceptors (Lipinski definition) is 4. The maximum absolute atomic E-state index is 12.8. The van der Waals surface area contributed by atoms with E-state index < -0.39 is 6.10 Å². The molecular weight excluding hydrogens is 314 g/mol. The lowest BCUT2D eigenvalue weighted by atomic mass is 10.0. The van der Waals surface area contributed by atoms with Gasteiger partial charge in [-0.15, -0.1) is 0 Å². The zero-order valence-electron chi connectivity index (χ0n) is 15.1. The minimum absolute atomic E-state index is 0.0470. The Bertz CT molecular complexity index is 720. The first-order valence-electron chi connectivity index (χ1n) is 8.87. The molecule has 3 rings (SSSR count). The Labute approximate surface area is 149 Å². The van der Waals surface area contributed by atoms with E-state index in [-0.39, 0.29) is 5.91 Å². The SMILES string of the molecule is CN1CCN(CC(O)CN(C)C(=O)c2cccc3ccccc23)CC1.